The minimum absolute atomic E-state index is 0.542. The Morgan fingerprint density at radius 1 is 1.16 bits per heavy atom. The molecule has 0 bridgehead atoms. The highest BCUT2D eigenvalue weighted by molar-refractivity contribution is 6.38. The van der Waals surface area contributed by atoms with E-state index >= 15 is 0 Å². The molecule has 0 fully saturated rings. The number of halogens is 2. The lowest BCUT2D eigenvalue weighted by atomic mass is 9.94. The molecule has 0 aliphatic heterocycles. The van der Waals surface area contributed by atoms with E-state index in [1.165, 1.54) is 43.1 Å². The molecule has 0 amide bonds. The van der Waals surface area contributed by atoms with Crippen LogP contribution in [0.15, 0.2) is 18.3 Å². The van der Waals surface area contributed by atoms with Crippen LogP contribution in [0.4, 0.5) is 0 Å². The molecule has 0 saturated heterocycles. The molecule has 1 heterocycles. The van der Waals surface area contributed by atoms with Gasteiger partial charge in [0.25, 0.3) is 0 Å². The van der Waals surface area contributed by atoms with Crippen LogP contribution in [-0.4, -0.2) is 4.98 Å². The Balaban J connectivity index is 2.16. The van der Waals surface area contributed by atoms with Gasteiger partial charge in [-0.25, -0.2) is 0 Å². The van der Waals surface area contributed by atoms with Crippen LogP contribution in [0, 0.1) is 0 Å². The highest BCUT2D eigenvalue weighted by Gasteiger charge is 2.13. The number of H-pyrrole nitrogens is 1. The fourth-order valence-electron chi connectivity index (χ4n) is 2.62. The second-order valence-electron chi connectivity index (χ2n) is 5.30. The van der Waals surface area contributed by atoms with Crippen LogP contribution in [0.25, 0.3) is 10.9 Å². The number of fused-ring (bicyclic) bond motifs is 1. The van der Waals surface area contributed by atoms with E-state index in [-0.39, 0.29) is 0 Å². The summed E-state index contributed by atoms with van der Waals surface area (Å²) in [6, 6.07) is 3.80. The maximum Gasteiger partial charge on any atom is 0.0661 e. The van der Waals surface area contributed by atoms with E-state index < -0.39 is 0 Å². The molecule has 1 aromatic heterocycles. The van der Waals surface area contributed by atoms with Crippen molar-refractivity contribution in [1.29, 1.82) is 0 Å². The number of aromatic amines is 1. The first kappa shape index (κ1) is 14.7. The van der Waals surface area contributed by atoms with Crippen molar-refractivity contribution in [3.05, 3.63) is 33.9 Å². The molecule has 1 atom stereocenters. The standard InChI is InChI=1S/C16H21Cl2N/c1-3-4-5-6-7-11(2)14-10-19-16-13(14)8-12(17)9-15(16)18/h8-11,19H,3-7H2,1-2H3. The molecule has 2 rings (SSSR count). The van der Waals surface area contributed by atoms with Gasteiger partial charge < -0.3 is 4.98 Å². The lowest BCUT2D eigenvalue weighted by Crippen LogP contribution is -1.92. The van der Waals surface area contributed by atoms with E-state index in [1.807, 2.05) is 6.07 Å². The first-order valence-electron chi connectivity index (χ1n) is 7.09. The molecule has 1 N–H and O–H groups in total. The van der Waals surface area contributed by atoms with E-state index in [2.05, 4.69) is 25.0 Å². The topological polar surface area (TPSA) is 15.8 Å². The zero-order valence-corrected chi connectivity index (χ0v) is 13.1. The first-order chi connectivity index (χ1) is 9.13. The Bertz CT molecular complexity index is 545. The van der Waals surface area contributed by atoms with Gasteiger partial charge in [-0.05, 0) is 30.0 Å². The minimum Gasteiger partial charge on any atom is -0.360 e. The summed E-state index contributed by atoms with van der Waals surface area (Å²) in [7, 11) is 0. The molecule has 1 unspecified atom stereocenters. The van der Waals surface area contributed by atoms with E-state index in [4.69, 9.17) is 23.2 Å². The molecule has 19 heavy (non-hydrogen) atoms. The molecular weight excluding hydrogens is 277 g/mol. The fourth-order valence-corrected chi connectivity index (χ4v) is 3.16. The smallest absolute Gasteiger partial charge is 0.0661 e. The van der Waals surface area contributed by atoms with Crippen molar-refractivity contribution < 1.29 is 0 Å². The second-order valence-corrected chi connectivity index (χ2v) is 6.15. The summed E-state index contributed by atoms with van der Waals surface area (Å²) in [5.74, 6) is 0.542. The number of nitrogens with one attached hydrogen (secondary N) is 1. The van der Waals surface area contributed by atoms with Crippen LogP contribution in [0.5, 0.6) is 0 Å². The number of hydrogen-bond donors (Lipinski definition) is 1. The zero-order chi connectivity index (χ0) is 13.8. The minimum atomic E-state index is 0.542. The molecule has 0 radical (unpaired) electrons. The monoisotopic (exact) mass is 297 g/mol. The first-order valence-corrected chi connectivity index (χ1v) is 7.85. The average Bonchev–Trinajstić information content (AvgIpc) is 2.78. The van der Waals surface area contributed by atoms with Crippen molar-refractivity contribution in [3.63, 3.8) is 0 Å². The predicted octanol–water partition coefficient (Wildman–Crippen LogP) is 6.55. The quantitative estimate of drug-likeness (QED) is 0.582. The highest BCUT2D eigenvalue weighted by Crippen LogP contribution is 2.34. The van der Waals surface area contributed by atoms with Gasteiger partial charge in [-0.2, -0.15) is 0 Å². The lowest BCUT2D eigenvalue weighted by molar-refractivity contribution is 0.582. The van der Waals surface area contributed by atoms with Crippen LogP contribution < -0.4 is 0 Å². The summed E-state index contributed by atoms with van der Waals surface area (Å²) >= 11 is 12.3. The Morgan fingerprint density at radius 2 is 1.95 bits per heavy atom. The van der Waals surface area contributed by atoms with Crippen molar-refractivity contribution >= 4 is 34.1 Å². The van der Waals surface area contributed by atoms with Crippen LogP contribution in [0.2, 0.25) is 10.0 Å². The third-order valence-corrected chi connectivity index (χ3v) is 4.28. The number of benzene rings is 1. The largest absolute Gasteiger partial charge is 0.360 e. The molecule has 0 aliphatic carbocycles. The van der Waals surface area contributed by atoms with Crippen molar-refractivity contribution in [2.75, 3.05) is 0 Å². The molecule has 0 aliphatic rings. The van der Waals surface area contributed by atoms with E-state index in [9.17, 15) is 0 Å². The molecule has 1 nitrogen and oxygen atoms in total. The van der Waals surface area contributed by atoms with Crippen LogP contribution in [-0.2, 0) is 0 Å². The van der Waals surface area contributed by atoms with E-state index in [1.54, 1.807) is 6.07 Å². The Kier molecular flexibility index (Phi) is 5.18. The summed E-state index contributed by atoms with van der Waals surface area (Å²) in [6.07, 6.45) is 8.53. The van der Waals surface area contributed by atoms with Crippen molar-refractivity contribution in [2.45, 2.75) is 51.9 Å². The SMILES string of the molecule is CCCCCCC(C)c1c[nH]c2c(Cl)cc(Cl)cc12. The second kappa shape index (κ2) is 6.67. The summed E-state index contributed by atoms with van der Waals surface area (Å²) in [6.45, 7) is 4.52. The van der Waals surface area contributed by atoms with Gasteiger partial charge in [0.05, 0.1) is 10.5 Å². The van der Waals surface area contributed by atoms with Crippen LogP contribution in [0.1, 0.15) is 57.4 Å². The molecule has 1 aromatic carbocycles. The highest BCUT2D eigenvalue weighted by atomic mass is 35.5. The third-order valence-electron chi connectivity index (χ3n) is 3.76. The molecule has 0 saturated carbocycles. The third kappa shape index (κ3) is 3.46. The number of unbranched alkanes of at least 4 members (excludes halogenated alkanes) is 3. The normalized spacial score (nSPS) is 13.1. The summed E-state index contributed by atoms with van der Waals surface area (Å²) in [5.41, 5.74) is 2.33. The Labute approximate surface area is 125 Å². The lowest BCUT2D eigenvalue weighted by Gasteiger charge is -2.10. The van der Waals surface area contributed by atoms with Gasteiger partial charge in [-0.1, -0.05) is 62.7 Å². The molecule has 0 spiro atoms. The van der Waals surface area contributed by atoms with Gasteiger partial charge in [0, 0.05) is 16.6 Å². The predicted molar refractivity (Wildman–Crippen MR) is 85.5 cm³/mol. The Hall–Kier alpha value is -0.660. The molecule has 3 heteroatoms. The molecular formula is C16H21Cl2N. The van der Waals surface area contributed by atoms with Gasteiger partial charge in [0.2, 0.25) is 0 Å². The average molecular weight is 298 g/mol. The van der Waals surface area contributed by atoms with E-state index in [0.717, 1.165) is 5.52 Å². The summed E-state index contributed by atoms with van der Waals surface area (Å²) in [5, 5.41) is 2.57. The Morgan fingerprint density at radius 3 is 2.68 bits per heavy atom. The molecule has 2 aromatic rings. The van der Waals surface area contributed by atoms with Gasteiger partial charge in [0.15, 0.2) is 0 Å². The van der Waals surface area contributed by atoms with Gasteiger partial charge in [-0.3, -0.25) is 0 Å². The maximum absolute atomic E-state index is 6.21. The van der Waals surface area contributed by atoms with Crippen molar-refractivity contribution in [3.8, 4) is 0 Å². The van der Waals surface area contributed by atoms with Gasteiger partial charge >= 0.3 is 0 Å². The number of hydrogen-bond acceptors (Lipinski definition) is 0. The van der Waals surface area contributed by atoms with Crippen molar-refractivity contribution in [2.24, 2.45) is 0 Å². The van der Waals surface area contributed by atoms with Gasteiger partial charge in [-0.15, -0.1) is 0 Å². The van der Waals surface area contributed by atoms with E-state index in [0.29, 0.717) is 16.0 Å². The summed E-state index contributed by atoms with van der Waals surface area (Å²) in [4.78, 5) is 3.28. The molecule has 104 valence electrons. The maximum atomic E-state index is 6.21. The zero-order valence-electron chi connectivity index (χ0n) is 11.6. The number of rotatable bonds is 6. The van der Waals surface area contributed by atoms with Crippen LogP contribution >= 0.6 is 23.2 Å². The fraction of sp³-hybridized carbons (Fsp3) is 0.500. The van der Waals surface area contributed by atoms with Gasteiger partial charge in [0.1, 0.15) is 0 Å². The van der Waals surface area contributed by atoms with Crippen molar-refractivity contribution in [1.82, 2.24) is 4.98 Å². The summed E-state index contributed by atoms with van der Waals surface area (Å²) < 4.78 is 0. The van der Waals surface area contributed by atoms with Crippen LogP contribution in [0.3, 0.4) is 0 Å². The number of aromatic nitrogens is 1.